The first-order valence-electron chi connectivity index (χ1n) is 9.00. The van der Waals surface area contributed by atoms with Crippen LogP contribution in [0.25, 0.3) is 5.65 Å². The molecule has 2 heterocycles. The van der Waals surface area contributed by atoms with Crippen molar-refractivity contribution in [2.75, 3.05) is 11.4 Å². The van der Waals surface area contributed by atoms with Crippen molar-refractivity contribution in [1.82, 2.24) is 9.38 Å². The summed E-state index contributed by atoms with van der Waals surface area (Å²) < 4.78 is 14.6. The highest BCUT2D eigenvalue weighted by Crippen LogP contribution is 2.18. The molecule has 0 aliphatic heterocycles. The molecule has 0 N–H and O–H groups in total. The van der Waals surface area contributed by atoms with E-state index in [4.69, 9.17) is 0 Å². The minimum absolute atomic E-state index is 0.0868. The minimum atomic E-state index is -0.291. The summed E-state index contributed by atoms with van der Waals surface area (Å²) in [6.07, 6.45) is 0.322. The molecule has 0 spiro atoms. The van der Waals surface area contributed by atoms with Crippen LogP contribution in [0.4, 0.5) is 10.1 Å². The van der Waals surface area contributed by atoms with E-state index in [-0.39, 0.29) is 17.2 Å². The van der Waals surface area contributed by atoms with Gasteiger partial charge < -0.3 is 4.90 Å². The molecule has 6 heteroatoms. The zero-order valence-electron chi connectivity index (χ0n) is 15.7. The summed E-state index contributed by atoms with van der Waals surface area (Å²) in [5.74, 6) is -0.378. The first kappa shape index (κ1) is 18.8. The number of carbonyl (C=O) groups excluding carboxylic acids is 1. The lowest BCUT2D eigenvalue weighted by Gasteiger charge is -2.23. The van der Waals surface area contributed by atoms with E-state index in [2.05, 4.69) is 4.98 Å². The van der Waals surface area contributed by atoms with Crippen molar-refractivity contribution in [2.45, 2.75) is 33.7 Å². The van der Waals surface area contributed by atoms with Gasteiger partial charge in [0.05, 0.1) is 17.9 Å². The molecule has 27 heavy (non-hydrogen) atoms. The van der Waals surface area contributed by atoms with Gasteiger partial charge in [0.2, 0.25) is 0 Å². The average molecular weight is 367 g/mol. The molecule has 0 unspecified atom stereocenters. The second-order valence-electron chi connectivity index (χ2n) is 6.41. The minimum Gasteiger partial charge on any atom is -0.366 e. The second kappa shape index (κ2) is 7.70. The van der Waals surface area contributed by atoms with Gasteiger partial charge in [-0.3, -0.25) is 14.0 Å². The molecule has 0 bridgehead atoms. The zero-order chi connectivity index (χ0) is 19.6. The van der Waals surface area contributed by atoms with Gasteiger partial charge in [-0.15, -0.1) is 0 Å². The number of carbonyl (C=O) groups is 1. The predicted octanol–water partition coefficient (Wildman–Crippen LogP) is 3.76. The van der Waals surface area contributed by atoms with Gasteiger partial charge in [-0.05, 0) is 49.7 Å². The van der Waals surface area contributed by atoms with Gasteiger partial charge in [-0.2, -0.15) is 0 Å². The molecule has 3 aromatic rings. The average Bonchev–Trinajstić information content (AvgIpc) is 2.66. The summed E-state index contributed by atoms with van der Waals surface area (Å²) in [5.41, 5.74) is 2.79. The van der Waals surface area contributed by atoms with Crippen LogP contribution >= 0.6 is 0 Å². The van der Waals surface area contributed by atoms with Gasteiger partial charge in [-0.1, -0.05) is 13.0 Å². The third-order valence-corrected chi connectivity index (χ3v) is 4.59. The predicted molar refractivity (Wildman–Crippen MR) is 104 cm³/mol. The summed E-state index contributed by atoms with van der Waals surface area (Å²) in [6.45, 7) is 6.67. The second-order valence-corrected chi connectivity index (χ2v) is 6.41. The molecule has 0 atom stereocenters. The number of halogens is 1. The number of anilines is 1. The van der Waals surface area contributed by atoms with Crippen molar-refractivity contribution in [3.05, 3.63) is 75.6 Å². The Balaban J connectivity index is 2.04. The van der Waals surface area contributed by atoms with E-state index in [1.54, 1.807) is 25.1 Å². The number of nitrogens with zero attached hydrogens (tertiary/aromatic N) is 3. The van der Waals surface area contributed by atoms with Crippen LogP contribution in [0.2, 0.25) is 0 Å². The maximum absolute atomic E-state index is 13.2. The molecule has 0 amide bonds. The normalized spacial score (nSPS) is 11.0. The molecule has 3 rings (SSSR count). The lowest BCUT2D eigenvalue weighted by molar-refractivity contribution is 0.0981. The first-order chi connectivity index (χ1) is 12.9. The fourth-order valence-corrected chi connectivity index (χ4v) is 3.17. The monoisotopic (exact) mass is 367 g/mol. The Morgan fingerprint density at radius 2 is 1.85 bits per heavy atom. The van der Waals surface area contributed by atoms with Crippen LogP contribution in [0.3, 0.4) is 0 Å². The maximum atomic E-state index is 13.2. The summed E-state index contributed by atoms with van der Waals surface area (Å²) in [5, 5.41) is 0. The number of Topliss-reactive ketones (excluding diaryl/α,β-unsaturated/α-hetero) is 1. The van der Waals surface area contributed by atoms with Crippen LogP contribution < -0.4 is 10.5 Å². The number of hydrogen-bond acceptors (Lipinski definition) is 4. The standard InChI is InChI=1S/C21H22FN3O2/c1-4-18(26)21-14(3)6-11-19-23-16(12-20(27)25(19)21)13-24(5-2)17-9-7-15(22)8-10-17/h6-12H,4-5,13H2,1-3H3. The number of rotatable bonds is 6. The Hall–Kier alpha value is -3.02. The maximum Gasteiger partial charge on any atom is 0.258 e. The SMILES string of the molecule is CCC(=O)c1c(C)ccc2nc(CN(CC)c3ccc(F)cc3)cc(=O)n12. The molecule has 2 aromatic heterocycles. The third kappa shape index (κ3) is 3.74. The molecular formula is C21H22FN3O2. The molecule has 0 radical (unpaired) electrons. The number of aromatic nitrogens is 2. The van der Waals surface area contributed by atoms with E-state index in [1.807, 2.05) is 24.8 Å². The van der Waals surface area contributed by atoms with Crippen LogP contribution in [0.15, 0.2) is 47.3 Å². The number of benzene rings is 1. The van der Waals surface area contributed by atoms with E-state index in [9.17, 15) is 14.0 Å². The van der Waals surface area contributed by atoms with Gasteiger partial charge in [-0.25, -0.2) is 9.37 Å². The molecule has 0 saturated carbocycles. The number of pyridine rings is 1. The largest absolute Gasteiger partial charge is 0.366 e. The number of ketones is 1. The van der Waals surface area contributed by atoms with Crippen LogP contribution in [0.5, 0.6) is 0 Å². The molecule has 1 aromatic carbocycles. The van der Waals surface area contributed by atoms with Crippen LogP contribution in [-0.4, -0.2) is 21.7 Å². The quantitative estimate of drug-likeness (QED) is 0.623. The van der Waals surface area contributed by atoms with Crippen molar-refractivity contribution in [3.63, 3.8) is 0 Å². The summed E-state index contributed by atoms with van der Waals surface area (Å²) in [6, 6.07) is 11.2. The van der Waals surface area contributed by atoms with Gasteiger partial charge in [0.25, 0.3) is 5.56 Å². The third-order valence-electron chi connectivity index (χ3n) is 4.59. The lowest BCUT2D eigenvalue weighted by Crippen LogP contribution is -2.26. The summed E-state index contributed by atoms with van der Waals surface area (Å²) in [4.78, 5) is 31.6. The molecule has 0 aliphatic carbocycles. The topological polar surface area (TPSA) is 54.7 Å². The summed E-state index contributed by atoms with van der Waals surface area (Å²) >= 11 is 0. The van der Waals surface area contributed by atoms with Crippen molar-refractivity contribution in [1.29, 1.82) is 0 Å². The Morgan fingerprint density at radius 1 is 1.15 bits per heavy atom. The lowest BCUT2D eigenvalue weighted by atomic mass is 10.1. The van der Waals surface area contributed by atoms with Crippen molar-refractivity contribution >= 4 is 17.1 Å². The van der Waals surface area contributed by atoms with Gasteiger partial charge in [0.15, 0.2) is 5.78 Å². The molecular weight excluding hydrogens is 345 g/mol. The van der Waals surface area contributed by atoms with E-state index in [1.165, 1.54) is 22.6 Å². The Bertz CT molecular complexity index is 1040. The van der Waals surface area contributed by atoms with Crippen LogP contribution in [0.1, 0.15) is 42.0 Å². The van der Waals surface area contributed by atoms with E-state index < -0.39 is 0 Å². The zero-order valence-corrected chi connectivity index (χ0v) is 15.7. The molecule has 0 saturated heterocycles. The molecule has 140 valence electrons. The van der Waals surface area contributed by atoms with Crippen LogP contribution in [-0.2, 0) is 6.54 Å². The number of fused-ring (bicyclic) bond motifs is 1. The fraction of sp³-hybridized carbons (Fsp3) is 0.286. The van der Waals surface area contributed by atoms with Gasteiger partial charge in [0.1, 0.15) is 11.5 Å². The van der Waals surface area contributed by atoms with Gasteiger partial charge in [0, 0.05) is 24.7 Å². The summed E-state index contributed by atoms with van der Waals surface area (Å²) in [7, 11) is 0. The Labute approximate surface area is 157 Å². The highest BCUT2D eigenvalue weighted by Gasteiger charge is 2.15. The smallest absolute Gasteiger partial charge is 0.258 e. The van der Waals surface area contributed by atoms with E-state index in [0.29, 0.717) is 36.5 Å². The number of hydrogen-bond donors (Lipinski definition) is 0. The number of aryl methyl sites for hydroxylation is 1. The Morgan fingerprint density at radius 3 is 2.48 bits per heavy atom. The molecule has 0 fully saturated rings. The van der Waals surface area contributed by atoms with Crippen molar-refractivity contribution < 1.29 is 9.18 Å². The first-order valence-corrected chi connectivity index (χ1v) is 9.00. The van der Waals surface area contributed by atoms with Gasteiger partial charge >= 0.3 is 0 Å². The van der Waals surface area contributed by atoms with E-state index >= 15 is 0 Å². The Kier molecular flexibility index (Phi) is 5.35. The van der Waals surface area contributed by atoms with Crippen LogP contribution in [0, 0.1) is 12.7 Å². The van der Waals surface area contributed by atoms with Crippen molar-refractivity contribution in [3.8, 4) is 0 Å². The highest BCUT2D eigenvalue weighted by molar-refractivity contribution is 5.96. The van der Waals surface area contributed by atoms with E-state index in [0.717, 1.165) is 11.3 Å². The molecule has 0 aliphatic rings. The highest BCUT2D eigenvalue weighted by atomic mass is 19.1. The molecule has 5 nitrogen and oxygen atoms in total. The fourth-order valence-electron chi connectivity index (χ4n) is 3.17. The van der Waals surface area contributed by atoms with Crippen molar-refractivity contribution in [2.24, 2.45) is 0 Å².